The maximum atomic E-state index is 12.6. The van der Waals surface area contributed by atoms with Crippen molar-refractivity contribution in [2.45, 2.75) is 37.7 Å². The van der Waals surface area contributed by atoms with E-state index in [2.05, 4.69) is 0 Å². The third-order valence-electron chi connectivity index (χ3n) is 5.54. The van der Waals surface area contributed by atoms with Gasteiger partial charge in [-0.2, -0.15) is 0 Å². The van der Waals surface area contributed by atoms with Crippen LogP contribution in [0.25, 0.3) is 0 Å². The minimum absolute atomic E-state index is 0.0186. The van der Waals surface area contributed by atoms with E-state index in [-0.39, 0.29) is 5.91 Å². The van der Waals surface area contributed by atoms with Crippen molar-refractivity contribution in [3.8, 4) is 0 Å². The second-order valence-corrected chi connectivity index (χ2v) is 7.29. The first-order chi connectivity index (χ1) is 13.0. The van der Waals surface area contributed by atoms with Crippen LogP contribution in [0.5, 0.6) is 0 Å². The number of rotatable bonds is 4. The number of amides is 1. The zero-order chi connectivity index (χ0) is 19.3. The molecule has 0 bridgehead atoms. The number of aliphatic hydroxyl groups is 1. The van der Waals surface area contributed by atoms with Crippen LogP contribution in [0.2, 0.25) is 0 Å². The molecule has 1 aromatic carbocycles. The van der Waals surface area contributed by atoms with E-state index in [1.165, 1.54) is 13.2 Å². The molecule has 1 aliphatic heterocycles. The Morgan fingerprint density at radius 3 is 2.19 bits per heavy atom. The van der Waals surface area contributed by atoms with Crippen molar-refractivity contribution < 1.29 is 19.4 Å². The first kappa shape index (κ1) is 19.4. The quantitative estimate of drug-likeness (QED) is 0.648. The highest BCUT2D eigenvalue weighted by Gasteiger charge is 2.38. The molecule has 2 aliphatic rings. The number of piperazine rings is 1. The maximum absolute atomic E-state index is 12.6. The predicted octanol–water partition coefficient (Wildman–Crippen LogP) is 2.20. The molecule has 3 rings (SSSR count). The van der Waals surface area contributed by atoms with Crippen LogP contribution in [0.1, 0.15) is 42.5 Å². The molecular formula is C21H28N2O4. The van der Waals surface area contributed by atoms with E-state index < -0.39 is 11.6 Å². The van der Waals surface area contributed by atoms with Crippen molar-refractivity contribution in [1.82, 2.24) is 9.80 Å². The lowest BCUT2D eigenvalue weighted by atomic mass is 9.81. The first-order valence-corrected chi connectivity index (χ1v) is 9.65. The summed E-state index contributed by atoms with van der Waals surface area (Å²) < 4.78 is 4.81. The largest absolute Gasteiger partial charge is 0.466 e. The third kappa shape index (κ3) is 4.50. The van der Waals surface area contributed by atoms with E-state index in [1.54, 1.807) is 0 Å². The summed E-state index contributed by atoms with van der Waals surface area (Å²) in [6.45, 7) is 2.29. The minimum atomic E-state index is -0.988. The maximum Gasteiger partial charge on any atom is 0.332 e. The summed E-state index contributed by atoms with van der Waals surface area (Å²) in [4.78, 5) is 28.4. The summed E-state index contributed by atoms with van der Waals surface area (Å²) in [7, 11) is 1.35. The van der Waals surface area contributed by atoms with Crippen LogP contribution in [0.3, 0.4) is 0 Å². The van der Waals surface area contributed by atoms with Crippen LogP contribution in [0.15, 0.2) is 42.1 Å². The molecule has 0 aromatic heterocycles. The van der Waals surface area contributed by atoms with Crippen molar-refractivity contribution in [3.63, 3.8) is 0 Å². The summed E-state index contributed by atoms with van der Waals surface area (Å²) in [5.41, 5.74) is 0.334. The number of hydrogen-bond acceptors (Lipinski definition) is 5. The summed E-state index contributed by atoms with van der Waals surface area (Å²) in [6, 6.07) is 9.26. The number of esters is 1. The highest BCUT2D eigenvalue weighted by molar-refractivity contribution is 5.94. The standard InChI is InChI=1S/C21H28N2O4/c1-27-19(24)16-18(21(26)10-6-3-7-11-21)22-12-14-23(15-13-22)20(25)17-8-4-2-5-9-17/h2,4-5,8-9,16,26H,3,6-7,10-15H2,1H3. The average Bonchev–Trinajstić information content (AvgIpc) is 2.72. The van der Waals surface area contributed by atoms with Gasteiger partial charge in [-0.25, -0.2) is 4.79 Å². The molecule has 6 nitrogen and oxygen atoms in total. The van der Waals surface area contributed by atoms with Gasteiger partial charge in [0.2, 0.25) is 0 Å². The molecule has 1 amide bonds. The fourth-order valence-electron chi connectivity index (χ4n) is 4.00. The fraction of sp³-hybridized carbons (Fsp3) is 0.524. The number of carbonyl (C=O) groups excluding carboxylic acids is 2. The van der Waals surface area contributed by atoms with E-state index in [9.17, 15) is 14.7 Å². The van der Waals surface area contributed by atoms with Crippen molar-refractivity contribution in [3.05, 3.63) is 47.7 Å². The van der Waals surface area contributed by atoms with Gasteiger partial charge in [0.25, 0.3) is 5.91 Å². The molecule has 0 atom stereocenters. The van der Waals surface area contributed by atoms with Crippen molar-refractivity contribution >= 4 is 11.9 Å². The second kappa shape index (κ2) is 8.57. The Morgan fingerprint density at radius 2 is 1.59 bits per heavy atom. The van der Waals surface area contributed by atoms with Gasteiger partial charge in [-0.05, 0) is 25.0 Å². The molecule has 6 heteroatoms. The lowest BCUT2D eigenvalue weighted by Gasteiger charge is -2.44. The number of methoxy groups -OCH3 is 1. The Kier molecular flexibility index (Phi) is 6.16. The van der Waals surface area contributed by atoms with Crippen molar-refractivity contribution in [2.75, 3.05) is 33.3 Å². The van der Waals surface area contributed by atoms with Gasteiger partial charge in [-0.3, -0.25) is 4.79 Å². The Bertz CT molecular complexity index is 687. The minimum Gasteiger partial charge on any atom is -0.466 e. The molecule has 0 radical (unpaired) electrons. The molecule has 146 valence electrons. The highest BCUT2D eigenvalue weighted by Crippen LogP contribution is 2.36. The number of hydrogen-bond donors (Lipinski definition) is 1. The van der Waals surface area contributed by atoms with Gasteiger partial charge in [0.15, 0.2) is 0 Å². The molecular weight excluding hydrogens is 344 g/mol. The fourth-order valence-corrected chi connectivity index (χ4v) is 4.00. The van der Waals surface area contributed by atoms with Crippen LogP contribution in [0, 0.1) is 0 Å². The van der Waals surface area contributed by atoms with Crippen molar-refractivity contribution in [2.24, 2.45) is 0 Å². The van der Waals surface area contributed by atoms with Gasteiger partial charge in [-0.1, -0.05) is 37.5 Å². The van der Waals surface area contributed by atoms with Gasteiger partial charge >= 0.3 is 5.97 Å². The van der Waals surface area contributed by atoms with E-state index in [0.717, 1.165) is 19.3 Å². The normalized spacial score (nSPS) is 20.3. The van der Waals surface area contributed by atoms with Gasteiger partial charge in [0.05, 0.1) is 12.8 Å². The molecule has 0 spiro atoms. The van der Waals surface area contributed by atoms with Crippen LogP contribution < -0.4 is 0 Å². The third-order valence-corrected chi connectivity index (χ3v) is 5.54. The van der Waals surface area contributed by atoms with Crippen molar-refractivity contribution in [1.29, 1.82) is 0 Å². The van der Waals surface area contributed by atoms with E-state index in [0.29, 0.717) is 50.3 Å². The van der Waals surface area contributed by atoms with E-state index in [1.807, 2.05) is 40.1 Å². The molecule has 1 heterocycles. The smallest absolute Gasteiger partial charge is 0.332 e. The molecule has 1 saturated heterocycles. The lowest BCUT2D eigenvalue weighted by Crippen LogP contribution is -2.52. The van der Waals surface area contributed by atoms with Gasteiger partial charge in [0.1, 0.15) is 5.60 Å². The molecule has 1 aliphatic carbocycles. The zero-order valence-electron chi connectivity index (χ0n) is 15.9. The number of nitrogens with zero attached hydrogens (tertiary/aromatic N) is 2. The number of ether oxygens (including phenoxy) is 1. The molecule has 2 fully saturated rings. The van der Waals surface area contributed by atoms with E-state index >= 15 is 0 Å². The SMILES string of the molecule is COC(=O)C=C(N1CCN(C(=O)c2ccccc2)CC1)C1(O)CCCCC1. The molecule has 1 saturated carbocycles. The molecule has 1 N–H and O–H groups in total. The number of carbonyl (C=O) groups is 2. The Labute approximate surface area is 160 Å². The molecule has 27 heavy (non-hydrogen) atoms. The lowest BCUT2D eigenvalue weighted by molar-refractivity contribution is -0.135. The van der Waals surface area contributed by atoms with Crippen LogP contribution in [-0.2, 0) is 9.53 Å². The molecule has 0 unspecified atom stereocenters. The number of benzene rings is 1. The highest BCUT2D eigenvalue weighted by atomic mass is 16.5. The average molecular weight is 372 g/mol. The topological polar surface area (TPSA) is 70.1 Å². The van der Waals surface area contributed by atoms with Crippen LogP contribution in [0.4, 0.5) is 0 Å². The summed E-state index contributed by atoms with van der Waals surface area (Å²) >= 11 is 0. The van der Waals surface area contributed by atoms with Gasteiger partial charge in [-0.15, -0.1) is 0 Å². The second-order valence-electron chi connectivity index (χ2n) is 7.29. The van der Waals surface area contributed by atoms with E-state index in [4.69, 9.17) is 4.74 Å². The zero-order valence-corrected chi connectivity index (χ0v) is 15.9. The van der Waals surface area contributed by atoms with Crippen LogP contribution in [-0.4, -0.2) is 65.7 Å². The van der Waals surface area contributed by atoms with Gasteiger partial charge < -0.3 is 19.6 Å². The first-order valence-electron chi connectivity index (χ1n) is 9.65. The Balaban J connectivity index is 1.72. The summed E-state index contributed by atoms with van der Waals surface area (Å²) in [6.07, 6.45) is 5.73. The monoisotopic (exact) mass is 372 g/mol. The molecule has 1 aromatic rings. The Morgan fingerprint density at radius 1 is 1.00 bits per heavy atom. The van der Waals surface area contributed by atoms with Gasteiger partial charge in [0, 0.05) is 37.8 Å². The Hall–Kier alpha value is -2.34. The predicted molar refractivity (Wildman–Crippen MR) is 102 cm³/mol. The van der Waals surface area contributed by atoms with Crippen LogP contribution >= 0.6 is 0 Å². The summed E-state index contributed by atoms with van der Waals surface area (Å²) in [5, 5.41) is 11.2. The summed E-state index contributed by atoms with van der Waals surface area (Å²) in [5.74, 6) is -0.433.